The van der Waals surface area contributed by atoms with Gasteiger partial charge in [-0.1, -0.05) is 5.16 Å². The van der Waals surface area contributed by atoms with Crippen molar-refractivity contribution in [2.45, 2.75) is 12.6 Å². The Hall–Kier alpha value is -2.36. The molecule has 1 amide bonds. The predicted octanol–water partition coefficient (Wildman–Crippen LogP) is 2.43. The van der Waals surface area contributed by atoms with Crippen molar-refractivity contribution in [1.29, 1.82) is 0 Å². The fourth-order valence-electron chi connectivity index (χ4n) is 2.59. The third-order valence-electron chi connectivity index (χ3n) is 3.94. The van der Waals surface area contributed by atoms with Gasteiger partial charge in [-0.2, -0.15) is 18.2 Å². The number of aromatic nitrogens is 3. The molecule has 7 nitrogen and oxygen atoms in total. The second-order valence-corrected chi connectivity index (χ2v) is 6.01. The molecule has 3 rings (SSSR count). The standard InChI is InChI=1S/C15H15ClF3N5O2/c16-4-3-12(25)24-7-5-23(6-8-24)11-2-1-10(9-20-11)13-21-14(26-22-13)15(17,18)19/h1-2,9H,3-8H2. The molecule has 1 aliphatic rings. The third-order valence-corrected chi connectivity index (χ3v) is 4.13. The lowest BCUT2D eigenvalue weighted by Gasteiger charge is -2.35. The maximum Gasteiger partial charge on any atom is 0.471 e. The Morgan fingerprint density at radius 3 is 2.50 bits per heavy atom. The van der Waals surface area contributed by atoms with E-state index >= 15 is 0 Å². The molecule has 1 saturated heterocycles. The number of hydrogen-bond acceptors (Lipinski definition) is 6. The van der Waals surface area contributed by atoms with Crippen molar-refractivity contribution in [3.8, 4) is 11.4 Å². The molecule has 0 spiro atoms. The summed E-state index contributed by atoms with van der Waals surface area (Å²) in [6.07, 6.45) is -2.97. The van der Waals surface area contributed by atoms with Gasteiger partial charge in [0.15, 0.2) is 0 Å². The third kappa shape index (κ3) is 4.06. The average molecular weight is 390 g/mol. The summed E-state index contributed by atoms with van der Waals surface area (Å²) in [5.74, 6) is -0.575. The zero-order valence-corrected chi connectivity index (χ0v) is 14.3. The van der Waals surface area contributed by atoms with Crippen molar-refractivity contribution >= 4 is 23.3 Å². The maximum atomic E-state index is 12.5. The number of amides is 1. The summed E-state index contributed by atoms with van der Waals surface area (Å²) < 4.78 is 41.7. The van der Waals surface area contributed by atoms with E-state index in [1.54, 1.807) is 17.0 Å². The minimum absolute atomic E-state index is 0.0283. The van der Waals surface area contributed by atoms with Gasteiger partial charge in [-0.05, 0) is 12.1 Å². The number of halogens is 4. The van der Waals surface area contributed by atoms with Crippen molar-refractivity contribution in [3.05, 3.63) is 24.2 Å². The first-order chi connectivity index (χ1) is 12.4. The number of piperazine rings is 1. The monoisotopic (exact) mass is 389 g/mol. The Balaban J connectivity index is 1.64. The molecule has 11 heteroatoms. The second kappa shape index (κ2) is 7.48. The van der Waals surface area contributed by atoms with Gasteiger partial charge in [0, 0.05) is 50.2 Å². The number of nitrogens with zero attached hydrogens (tertiary/aromatic N) is 5. The van der Waals surface area contributed by atoms with E-state index in [0.717, 1.165) is 0 Å². The molecule has 140 valence electrons. The van der Waals surface area contributed by atoms with Gasteiger partial charge in [-0.25, -0.2) is 4.98 Å². The van der Waals surface area contributed by atoms with E-state index in [1.165, 1.54) is 6.20 Å². The molecule has 0 aromatic carbocycles. The number of anilines is 1. The van der Waals surface area contributed by atoms with Gasteiger partial charge in [0.1, 0.15) is 5.82 Å². The number of carbonyl (C=O) groups excluding carboxylic acids is 1. The van der Waals surface area contributed by atoms with Crippen LogP contribution in [0.2, 0.25) is 0 Å². The molecule has 0 saturated carbocycles. The summed E-state index contributed by atoms with van der Waals surface area (Å²) in [4.78, 5) is 23.2. The zero-order chi connectivity index (χ0) is 18.7. The van der Waals surface area contributed by atoms with Crippen molar-refractivity contribution in [1.82, 2.24) is 20.0 Å². The summed E-state index contributed by atoms with van der Waals surface area (Å²) in [6.45, 7) is 2.36. The van der Waals surface area contributed by atoms with Gasteiger partial charge >= 0.3 is 12.1 Å². The van der Waals surface area contributed by atoms with E-state index in [1.807, 2.05) is 4.90 Å². The van der Waals surface area contributed by atoms with Crippen LogP contribution in [-0.4, -0.2) is 58.0 Å². The molecule has 2 aromatic heterocycles. The van der Waals surface area contributed by atoms with E-state index in [4.69, 9.17) is 11.6 Å². The number of rotatable bonds is 4. The number of alkyl halides is 4. The Morgan fingerprint density at radius 1 is 1.23 bits per heavy atom. The minimum atomic E-state index is -4.68. The zero-order valence-electron chi connectivity index (χ0n) is 13.5. The van der Waals surface area contributed by atoms with Gasteiger partial charge < -0.3 is 14.3 Å². The highest BCUT2D eigenvalue weighted by Crippen LogP contribution is 2.29. The minimum Gasteiger partial charge on any atom is -0.353 e. The Bertz CT molecular complexity index is 757. The summed E-state index contributed by atoms with van der Waals surface area (Å²) >= 11 is 5.58. The molecular formula is C15H15ClF3N5O2. The molecule has 0 unspecified atom stereocenters. The van der Waals surface area contributed by atoms with Crippen LogP contribution >= 0.6 is 11.6 Å². The molecule has 26 heavy (non-hydrogen) atoms. The van der Waals surface area contributed by atoms with Crippen molar-refractivity contribution in [2.24, 2.45) is 0 Å². The number of hydrogen-bond donors (Lipinski definition) is 0. The quantitative estimate of drug-likeness (QED) is 0.748. The van der Waals surface area contributed by atoms with Crippen LogP contribution in [0, 0.1) is 0 Å². The average Bonchev–Trinajstić information content (AvgIpc) is 3.13. The highest BCUT2D eigenvalue weighted by Gasteiger charge is 2.38. The maximum absolute atomic E-state index is 12.5. The van der Waals surface area contributed by atoms with Gasteiger partial charge in [0.05, 0.1) is 0 Å². The van der Waals surface area contributed by atoms with Crippen LogP contribution in [0.3, 0.4) is 0 Å². The molecule has 0 radical (unpaired) electrons. The van der Waals surface area contributed by atoms with Crippen LogP contribution in [0.1, 0.15) is 12.3 Å². The Morgan fingerprint density at radius 2 is 1.96 bits per heavy atom. The summed E-state index contributed by atoms with van der Waals surface area (Å²) in [6, 6.07) is 3.26. The summed E-state index contributed by atoms with van der Waals surface area (Å²) in [5, 5.41) is 3.33. The largest absolute Gasteiger partial charge is 0.471 e. The highest BCUT2D eigenvalue weighted by atomic mass is 35.5. The SMILES string of the molecule is O=C(CCCl)N1CCN(c2ccc(-c3noc(C(F)(F)F)n3)cn2)CC1. The van der Waals surface area contributed by atoms with Crippen LogP contribution < -0.4 is 4.90 Å². The normalized spacial score (nSPS) is 15.4. The molecular weight excluding hydrogens is 375 g/mol. The van der Waals surface area contributed by atoms with Gasteiger partial charge in [0.2, 0.25) is 11.7 Å². The lowest BCUT2D eigenvalue weighted by molar-refractivity contribution is -0.159. The fourth-order valence-corrected chi connectivity index (χ4v) is 2.75. The topological polar surface area (TPSA) is 75.4 Å². The smallest absolute Gasteiger partial charge is 0.353 e. The van der Waals surface area contributed by atoms with Gasteiger partial charge in [-0.3, -0.25) is 4.79 Å². The summed E-state index contributed by atoms with van der Waals surface area (Å²) in [5.41, 5.74) is 0.323. The Labute approximate surface area is 151 Å². The Kier molecular flexibility index (Phi) is 5.30. The van der Waals surface area contributed by atoms with Crippen LogP contribution in [0.5, 0.6) is 0 Å². The molecule has 0 bridgehead atoms. The van der Waals surface area contributed by atoms with Crippen LogP contribution in [0.15, 0.2) is 22.9 Å². The van der Waals surface area contributed by atoms with Crippen molar-refractivity contribution in [3.63, 3.8) is 0 Å². The van der Waals surface area contributed by atoms with E-state index < -0.39 is 12.1 Å². The number of carbonyl (C=O) groups is 1. The van der Waals surface area contributed by atoms with Crippen molar-refractivity contribution < 1.29 is 22.5 Å². The first-order valence-corrected chi connectivity index (χ1v) is 8.38. The molecule has 1 fully saturated rings. The fraction of sp³-hybridized carbons (Fsp3) is 0.467. The molecule has 0 atom stereocenters. The molecule has 0 aliphatic carbocycles. The lowest BCUT2D eigenvalue weighted by atomic mass is 10.2. The highest BCUT2D eigenvalue weighted by molar-refractivity contribution is 6.18. The van der Waals surface area contributed by atoms with Gasteiger partial charge in [0.25, 0.3) is 0 Å². The van der Waals surface area contributed by atoms with Crippen LogP contribution in [0.4, 0.5) is 19.0 Å². The van der Waals surface area contributed by atoms with Crippen molar-refractivity contribution in [2.75, 3.05) is 37.0 Å². The predicted molar refractivity (Wildman–Crippen MR) is 86.7 cm³/mol. The molecule has 2 aromatic rings. The van der Waals surface area contributed by atoms with E-state index in [-0.39, 0.29) is 11.7 Å². The second-order valence-electron chi connectivity index (χ2n) is 5.63. The van der Waals surface area contributed by atoms with E-state index in [9.17, 15) is 18.0 Å². The molecule has 0 N–H and O–H groups in total. The first-order valence-electron chi connectivity index (χ1n) is 7.84. The first kappa shape index (κ1) is 18.4. The van der Waals surface area contributed by atoms with E-state index in [2.05, 4.69) is 19.6 Å². The molecule has 1 aliphatic heterocycles. The summed E-state index contributed by atoms with van der Waals surface area (Å²) in [7, 11) is 0. The van der Waals surface area contributed by atoms with E-state index in [0.29, 0.717) is 49.9 Å². The molecule has 3 heterocycles. The van der Waals surface area contributed by atoms with Crippen LogP contribution in [-0.2, 0) is 11.0 Å². The van der Waals surface area contributed by atoms with Gasteiger partial charge in [-0.15, -0.1) is 11.6 Å². The lowest BCUT2D eigenvalue weighted by Crippen LogP contribution is -2.49. The van der Waals surface area contributed by atoms with Crippen LogP contribution in [0.25, 0.3) is 11.4 Å². The number of pyridine rings is 1.